The molecule has 0 bridgehead atoms. The summed E-state index contributed by atoms with van der Waals surface area (Å²) in [5.74, 6) is 0.398. The van der Waals surface area contributed by atoms with Crippen molar-refractivity contribution >= 4 is 43.9 Å². The summed E-state index contributed by atoms with van der Waals surface area (Å²) in [5.41, 5.74) is 2.21. The zero-order valence-corrected chi connectivity index (χ0v) is 19.6. The largest absolute Gasteiger partial charge is 0.480 e. The Labute approximate surface area is 192 Å². The SMILES string of the molecule is COCc1nc(OC)c2c(C)c(C(=O)Nc3ncc(Cc4ccc(C)c(F)c4)s3)sc2n1. The quantitative estimate of drug-likeness (QED) is 0.412. The summed E-state index contributed by atoms with van der Waals surface area (Å²) in [4.78, 5) is 28.2. The third-order valence-corrected chi connectivity index (χ3v) is 6.96. The number of anilines is 1. The second-order valence-electron chi connectivity index (χ2n) is 7.16. The number of nitrogens with one attached hydrogen (secondary N) is 1. The highest BCUT2D eigenvalue weighted by molar-refractivity contribution is 7.21. The number of methoxy groups -OCH3 is 2. The molecule has 4 rings (SSSR count). The van der Waals surface area contributed by atoms with E-state index >= 15 is 0 Å². The number of carbonyl (C=O) groups is 1. The first kappa shape index (κ1) is 22.3. The van der Waals surface area contributed by atoms with Crippen molar-refractivity contribution in [1.29, 1.82) is 0 Å². The van der Waals surface area contributed by atoms with Gasteiger partial charge in [-0.25, -0.2) is 14.4 Å². The predicted molar refractivity (Wildman–Crippen MR) is 123 cm³/mol. The van der Waals surface area contributed by atoms with Crippen molar-refractivity contribution in [1.82, 2.24) is 15.0 Å². The Hall–Kier alpha value is -2.95. The van der Waals surface area contributed by atoms with E-state index in [0.29, 0.717) is 43.9 Å². The number of thiophene rings is 1. The van der Waals surface area contributed by atoms with E-state index in [0.717, 1.165) is 16.0 Å². The molecule has 0 unspecified atom stereocenters. The molecular weight excluding hydrogens is 451 g/mol. The molecule has 0 spiro atoms. The number of amides is 1. The lowest BCUT2D eigenvalue weighted by molar-refractivity contribution is 0.103. The van der Waals surface area contributed by atoms with Crippen molar-refractivity contribution < 1.29 is 18.7 Å². The van der Waals surface area contributed by atoms with Gasteiger partial charge in [-0.1, -0.05) is 12.1 Å². The second-order valence-corrected chi connectivity index (χ2v) is 9.28. The van der Waals surface area contributed by atoms with Gasteiger partial charge in [0.2, 0.25) is 5.88 Å². The van der Waals surface area contributed by atoms with Gasteiger partial charge in [-0.15, -0.1) is 22.7 Å². The van der Waals surface area contributed by atoms with Crippen LogP contribution in [-0.2, 0) is 17.8 Å². The van der Waals surface area contributed by atoms with Crippen molar-refractivity contribution in [3.63, 3.8) is 0 Å². The molecule has 1 aromatic carbocycles. The summed E-state index contributed by atoms with van der Waals surface area (Å²) in [5, 5.41) is 4.05. The molecule has 32 heavy (non-hydrogen) atoms. The van der Waals surface area contributed by atoms with Crippen molar-refractivity contribution in [3.05, 3.63) is 62.5 Å². The van der Waals surface area contributed by atoms with Crippen LogP contribution in [0.25, 0.3) is 10.2 Å². The number of halogens is 1. The van der Waals surface area contributed by atoms with Gasteiger partial charge in [0, 0.05) is 24.6 Å². The van der Waals surface area contributed by atoms with Gasteiger partial charge in [0.05, 0.1) is 17.4 Å². The fourth-order valence-electron chi connectivity index (χ4n) is 3.25. The Balaban J connectivity index is 1.55. The maximum Gasteiger partial charge on any atom is 0.267 e. The fraction of sp³-hybridized carbons (Fsp3) is 0.273. The number of hydrogen-bond donors (Lipinski definition) is 1. The first-order valence-electron chi connectivity index (χ1n) is 9.73. The summed E-state index contributed by atoms with van der Waals surface area (Å²) in [6.45, 7) is 3.82. The Morgan fingerprint density at radius 2 is 2.00 bits per heavy atom. The smallest absolute Gasteiger partial charge is 0.267 e. The molecule has 166 valence electrons. The average molecular weight is 473 g/mol. The van der Waals surface area contributed by atoms with Gasteiger partial charge >= 0.3 is 0 Å². The van der Waals surface area contributed by atoms with E-state index in [1.165, 1.54) is 35.8 Å². The monoisotopic (exact) mass is 472 g/mol. The van der Waals surface area contributed by atoms with Crippen molar-refractivity contribution in [2.24, 2.45) is 0 Å². The number of nitrogens with zero attached hydrogens (tertiary/aromatic N) is 3. The van der Waals surface area contributed by atoms with Crippen LogP contribution in [-0.4, -0.2) is 35.1 Å². The first-order valence-corrected chi connectivity index (χ1v) is 11.4. The Kier molecular flexibility index (Phi) is 6.45. The molecule has 0 radical (unpaired) electrons. The highest BCUT2D eigenvalue weighted by atomic mass is 32.1. The summed E-state index contributed by atoms with van der Waals surface area (Å²) in [6, 6.07) is 5.18. The molecule has 0 saturated heterocycles. The van der Waals surface area contributed by atoms with E-state index in [2.05, 4.69) is 20.3 Å². The van der Waals surface area contributed by atoms with Gasteiger partial charge in [0.15, 0.2) is 11.0 Å². The minimum Gasteiger partial charge on any atom is -0.480 e. The summed E-state index contributed by atoms with van der Waals surface area (Å²) in [7, 11) is 3.10. The molecule has 4 aromatic rings. The third kappa shape index (κ3) is 4.47. The van der Waals surface area contributed by atoms with Crippen molar-refractivity contribution in [2.45, 2.75) is 26.9 Å². The maximum absolute atomic E-state index is 13.8. The van der Waals surface area contributed by atoms with Gasteiger partial charge in [0.1, 0.15) is 17.3 Å². The molecule has 0 saturated carbocycles. The van der Waals surface area contributed by atoms with E-state index < -0.39 is 0 Å². The molecule has 0 aliphatic carbocycles. The molecule has 0 aliphatic rings. The number of carbonyl (C=O) groups excluding carboxylic acids is 1. The van der Waals surface area contributed by atoms with E-state index in [4.69, 9.17) is 9.47 Å². The Morgan fingerprint density at radius 3 is 2.72 bits per heavy atom. The average Bonchev–Trinajstić information content (AvgIpc) is 3.34. The standard InChI is InChI=1S/C22H21FN4O3S2/c1-11-5-6-13(8-15(11)23)7-14-9-24-22(31-14)27-19(28)18-12(2)17-20(30-4)25-16(10-29-3)26-21(17)32-18/h5-6,8-9H,7,10H2,1-4H3,(H,24,27,28). The number of hydrogen-bond acceptors (Lipinski definition) is 8. The number of fused-ring (bicyclic) bond motifs is 1. The minimum absolute atomic E-state index is 0.229. The molecule has 0 aliphatic heterocycles. The van der Waals surface area contributed by atoms with Crippen LogP contribution in [0.2, 0.25) is 0 Å². The van der Waals surface area contributed by atoms with Crippen molar-refractivity contribution in [2.75, 3.05) is 19.5 Å². The minimum atomic E-state index is -0.275. The topological polar surface area (TPSA) is 86.2 Å². The number of aryl methyl sites for hydroxylation is 2. The summed E-state index contributed by atoms with van der Waals surface area (Å²) >= 11 is 2.63. The third-order valence-electron chi connectivity index (χ3n) is 4.86. The van der Waals surface area contributed by atoms with E-state index in [-0.39, 0.29) is 18.3 Å². The molecular formula is C22H21FN4O3S2. The maximum atomic E-state index is 13.8. The van der Waals surface area contributed by atoms with Gasteiger partial charge in [-0.2, -0.15) is 4.98 Å². The van der Waals surface area contributed by atoms with Gasteiger partial charge in [-0.3, -0.25) is 10.1 Å². The molecule has 0 atom stereocenters. The second kappa shape index (κ2) is 9.27. The number of thiazole rings is 1. The highest BCUT2D eigenvalue weighted by Gasteiger charge is 2.22. The van der Waals surface area contributed by atoms with Crippen LogP contribution < -0.4 is 10.1 Å². The van der Waals surface area contributed by atoms with Crippen LogP contribution in [0.5, 0.6) is 5.88 Å². The zero-order chi connectivity index (χ0) is 22.8. The van der Waals surface area contributed by atoms with Gasteiger partial charge in [0.25, 0.3) is 5.91 Å². The van der Waals surface area contributed by atoms with Crippen LogP contribution in [0.15, 0.2) is 24.4 Å². The molecule has 3 heterocycles. The first-order chi connectivity index (χ1) is 15.4. The molecule has 1 amide bonds. The zero-order valence-electron chi connectivity index (χ0n) is 18.0. The Morgan fingerprint density at radius 1 is 1.19 bits per heavy atom. The molecule has 1 N–H and O–H groups in total. The molecule has 7 nitrogen and oxygen atoms in total. The van der Waals surface area contributed by atoms with Crippen LogP contribution in [0.4, 0.5) is 9.52 Å². The number of benzene rings is 1. The van der Waals surface area contributed by atoms with Crippen LogP contribution in [0.1, 0.15) is 37.1 Å². The number of ether oxygens (including phenoxy) is 2. The van der Waals surface area contributed by atoms with E-state index in [1.54, 1.807) is 26.3 Å². The molecule has 3 aromatic heterocycles. The van der Waals surface area contributed by atoms with E-state index in [1.807, 2.05) is 13.0 Å². The number of aromatic nitrogens is 3. The van der Waals surface area contributed by atoms with Crippen molar-refractivity contribution in [3.8, 4) is 5.88 Å². The lowest BCUT2D eigenvalue weighted by Gasteiger charge is -2.05. The summed E-state index contributed by atoms with van der Waals surface area (Å²) in [6.07, 6.45) is 2.24. The number of rotatable bonds is 7. The predicted octanol–water partition coefficient (Wildman–Crippen LogP) is 4.90. The molecule has 10 heteroatoms. The lowest BCUT2D eigenvalue weighted by atomic mass is 10.1. The van der Waals surface area contributed by atoms with Gasteiger partial charge in [-0.05, 0) is 36.6 Å². The van der Waals surface area contributed by atoms with Crippen LogP contribution >= 0.6 is 22.7 Å². The molecule has 0 fully saturated rings. The summed E-state index contributed by atoms with van der Waals surface area (Å²) < 4.78 is 24.3. The Bertz CT molecular complexity index is 1300. The normalized spacial score (nSPS) is 11.2. The van der Waals surface area contributed by atoms with Gasteiger partial charge < -0.3 is 9.47 Å². The van der Waals surface area contributed by atoms with Crippen LogP contribution in [0, 0.1) is 19.7 Å². The highest BCUT2D eigenvalue weighted by Crippen LogP contribution is 2.35. The van der Waals surface area contributed by atoms with Crippen LogP contribution in [0.3, 0.4) is 0 Å². The lowest BCUT2D eigenvalue weighted by Crippen LogP contribution is -2.11. The fourth-order valence-corrected chi connectivity index (χ4v) is 5.18. The van der Waals surface area contributed by atoms with E-state index in [9.17, 15) is 9.18 Å².